The highest BCUT2D eigenvalue weighted by Gasteiger charge is 2.39. The molecule has 0 spiro atoms. The van der Waals surface area contributed by atoms with Crippen LogP contribution in [0.2, 0.25) is 15.1 Å². The molecular weight excluding hydrogens is 463 g/mol. The van der Waals surface area contributed by atoms with E-state index in [2.05, 4.69) is 0 Å². The number of benzene rings is 2. The third kappa shape index (κ3) is 5.77. The lowest BCUT2D eigenvalue weighted by molar-refractivity contribution is -0.139. The zero-order valence-corrected chi connectivity index (χ0v) is 17.8. The molecule has 30 heavy (non-hydrogen) atoms. The van der Waals surface area contributed by atoms with E-state index in [1.807, 2.05) is 0 Å². The van der Waals surface area contributed by atoms with Crippen LogP contribution >= 0.6 is 34.8 Å². The van der Waals surface area contributed by atoms with Gasteiger partial charge in [-0.15, -0.1) is 0 Å². The van der Waals surface area contributed by atoms with Crippen LogP contribution in [0.25, 0.3) is 6.08 Å². The maximum atomic E-state index is 13.6. The third-order valence-corrected chi connectivity index (χ3v) is 5.85. The van der Waals surface area contributed by atoms with Gasteiger partial charge in [-0.2, -0.15) is 13.2 Å². The van der Waals surface area contributed by atoms with Crippen molar-refractivity contribution in [2.24, 2.45) is 5.92 Å². The summed E-state index contributed by atoms with van der Waals surface area (Å²) in [7, 11) is 0. The van der Waals surface area contributed by atoms with E-state index in [0.717, 1.165) is 36.6 Å². The molecule has 3 rings (SSSR count). The van der Waals surface area contributed by atoms with Crippen molar-refractivity contribution in [3.8, 4) is 0 Å². The van der Waals surface area contributed by atoms with Crippen LogP contribution in [0.4, 0.5) is 17.6 Å². The van der Waals surface area contributed by atoms with Crippen LogP contribution in [0.5, 0.6) is 0 Å². The van der Waals surface area contributed by atoms with E-state index in [9.17, 15) is 22.4 Å². The van der Waals surface area contributed by atoms with Crippen LogP contribution in [0.15, 0.2) is 36.4 Å². The minimum atomic E-state index is -4.63. The van der Waals surface area contributed by atoms with Gasteiger partial charge >= 0.3 is 6.18 Å². The Morgan fingerprint density at radius 2 is 1.70 bits per heavy atom. The summed E-state index contributed by atoms with van der Waals surface area (Å²) in [5, 5.41) is -0.571. The number of allylic oxidation sites excluding steroid dienone is 1. The Bertz CT molecular complexity index is 958. The highest BCUT2D eigenvalue weighted by molar-refractivity contribution is 6.35. The van der Waals surface area contributed by atoms with Crippen molar-refractivity contribution in [2.75, 3.05) is 0 Å². The summed E-state index contributed by atoms with van der Waals surface area (Å²) in [5.74, 6) is -2.59. The molecule has 160 valence electrons. The molecule has 0 radical (unpaired) electrons. The van der Waals surface area contributed by atoms with E-state index in [4.69, 9.17) is 34.8 Å². The van der Waals surface area contributed by atoms with Crippen LogP contribution in [0.1, 0.15) is 41.9 Å². The quantitative estimate of drug-likeness (QED) is 0.290. The first kappa shape index (κ1) is 23.1. The highest BCUT2D eigenvalue weighted by atomic mass is 35.5. The Balaban J connectivity index is 1.78. The minimum absolute atomic E-state index is 0.179. The Hall–Kier alpha value is -1.56. The van der Waals surface area contributed by atoms with Crippen LogP contribution in [0.3, 0.4) is 0 Å². The molecule has 1 nitrogen and oxygen atoms in total. The summed E-state index contributed by atoms with van der Waals surface area (Å²) in [5.41, 5.74) is 0.967. The Morgan fingerprint density at radius 3 is 2.23 bits per heavy atom. The van der Waals surface area contributed by atoms with E-state index in [1.165, 1.54) is 6.08 Å². The average Bonchev–Trinajstić information content (AvgIpc) is 3.49. The molecule has 0 N–H and O–H groups in total. The second-order valence-corrected chi connectivity index (χ2v) is 8.49. The normalized spacial score (nSPS) is 15.6. The Morgan fingerprint density at radius 1 is 1.07 bits per heavy atom. The van der Waals surface area contributed by atoms with E-state index < -0.39 is 28.0 Å². The lowest BCUT2D eigenvalue weighted by atomic mass is 9.96. The second kappa shape index (κ2) is 9.29. The predicted molar refractivity (Wildman–Crippen MR) is 112 cm³/mol. The maximum Gasteiger partial charge on any atom is 0.399 e. The van der Waals surface area contributed by atoms with E-state index in [-0.39, 0.29) is 17.3 Å². The summed E-state index contributed by atoms with van der Waals surface area (Å²) in [4.78, 5) is 11.8. The van der Waals surface area contributed by atoms with Crippen molar-refractivity contribution in [1.82, 2.24) is 0 Å². The largest absolute Gasteiger partial charge is 0.399 e. The number of hydrogen-bond acceptors (Lipinski definition) is 1. The van der Waals surface area contributed by atoms with Crippen LogP contribution in [-0.2, 0) is 11.2 Å². The molecule has 0 amide bonds. The number of alkyl halides is 3. The monoisotopic (exact) mass is 478 g/mol. The van der Waals surface area contributed by atoms with Crippen LogP contribution in [-0.4, -0.2) is 12.0 Å². The van der Waals surface area contributed by atoms with Gasteiger partial charge in [0.2, 0.25) is 0 Å². The number of ketones is 1. The molecule has 0 aromatic heterocycles. The summed E-state index contributed by atoms with van der Waals surface area (Å²) in [6, 6.07) is 6.72. The van der Waals surface area contributed by atoms with Gasteiger partial charge in [-0.25, -0.2) is 4.39 Å². The van der Waals surface area contributed by atoms with Gasteiger partial charge in [-0.3, -0.25) is 4.79 Å². The first-order valence-electron chi connectivity index (χ1n) is 9.26. The van der Waals surface area contributed by atoms with Crippen molar-refractivity contribution in [3.05, 3.63) is 74.0 Å². The fourth-order valence-corrected chi connectivity index (χ4v) is 3.90. The van der Waals surface area contributed by atoms with E-state index in [1.54, 1.807) is 18.2 Å². The van der Waals surface area contributed by atoms with Gasteiger partial charge < -0.3 is 0 Å². The maximum absolute atomic E-state index is 13.6. The molecule has 2 aromatic rings. The van der Waals surface area contributed by atoms with Crippen molar-refractivity contribution in [1.29, 1.82) is 0 Å². The molecule has 8 heteroatoms. The van der Waals surface area contributed by atoms with E-state index in [0.29, 0.717) is 23.4 Å². The minimum Gasteiger partial charge on any atom is -0.299 e. The van der Waals surface area contributed by atoms with Crippen molar-refractivity contribution < 1.29 is 22.4 Å². The predicted octanol–water partition coefficient (Wildman–Crippen LogP) is 8.06. The molecule has 0 saturated heterocycles. The smallest absolute Gasteiger partial charge is 0.299 e. The number of aryl methyl sites for hydroxylation is 1. The molecule has 0 aliphatic heterocycles. The first-order valence-corrected chi connectivity index (χ1v) is 10.4. The fourth-order valence-electron chi connectivity index (χ4n) is 3.11. The van der Waals surface area contributed by atoms with E-state index >= 15 is 0 Å². The van der Waals surface area contributed by atoms with Crippen molar-refractivity contribution in [2.45, 2.75) is 37.8 Å². The second-order valence-electron chi connectivity index (χ2n) is 7.27. The molecule has 0 heterocycles. The summed E-state index contributed by atoms with van der Waals surface area (Å²) in [6.07, 6.45) is 0.393. The number of rotatable bonds is 7. The lowest BCUT2D eigenvalue weighted by Gasteiger charge is -2.18. The molecule has 1 saturated carbocycles. The molecular formula is C22H17Cl3F4O. The molecule has 1 atom stereocenters. The summed E-state index contributed by atoms with van der Waals surface area (Å²) >= 11 is 17.5. The van der Waals surface area contributed by atoms with Gasteiger partial charge in [0.15, 0.2) is 5.82 Å². The SMILES string of the molecule is O=C(CCc1ccc(/C=C/C(c2cc(Cl)c(F)c(Cl)c2)C(F)(F)F)cc1Cl)C1CC1. The van der Waals surface area contributed by atoms with Gasteiger partial charge in [0, 0.05) is 17.4 Å². The number of carbonyl (C=O) groups excluding carboxylic acids is 1. The fraction of sp³-hybridized carbons (Fsp3) is 0.318. The number of halogens is 7. The van der Waals surface area contributed by atoms with Crippen LogP contribution in [0, 0.1) is 11.7 Å². The average molecular weight is 480 g/mol. The lowest BCUT2D eigenvalue weighted by Crippen LogP contribution is -2.19. The van der Waals surface area contributed by atoms with Crippen molar-refractivity contribution >= 4 is 46.7 Å². The molecule has 0 bridgehead atoms. The van der Waals surface area contributed by atoms with Gasteiger partial charge in [-0.1, -0.05) is 59.1 Å². The van der Waals surface area contributed by atoms with Gasteiger partial charge in [-0.05, 0) is 54.2 Å². The molecule has 1 unspecified atom stereocenters. The Labute approximate surface area is 186 Å². The van der Waals surface area contributed by atoms with Gasteiger partial charge in [0.05, 0.1) is 16.0 Å². The number of hydrogen-bond donors (Lipinski definition) is 0. The molecule has 1 aliphatic rings. The molecule has 1 aliphatic carbocycles. The first-order chi connectivity index (χ1) is 14.1. The number of Topliss-reactive ketones (excluding diaryl/α,β-unsaturated/α-hetero) is 1. The zero-order valence-electron chi connectivity index (χ0n) is 15.6. The zero-order chi connectivity index (χ0) is 22.1. The van der Waals surface area contributed by atoms with Crippen LogP contribution < -0.4 is 0 Å². The summed E-state index contributed by atoms with van der Waals surface area (Å²) in [6.45, 7) is 0. The van der Waals surface area contributed by atoms with Gasteiger partial charge in [0.1, 0.15) is 5.78 Å². The summed E-state index contributed by atoms with van der Waals surface area (Å²) < 4.78 is 54.3. The highest BCUT2D eigenvalue weighted by Crippen LogP contribution is 2.39. The van der Waals surface area contributed by atoms with Gasteiger partial charge in [0.25, 0.3) is 0 Å². The topological polar surface area (TPSA) is 17.1 Å². The molecule has 2 aromatic carbocycles. The third-order valence-electron chi connectivity index (χ3n) is 4.95. The number of carbonyl (C=O) groups is 1. The molecule has 1 fully saturated rings. The Kier molecular flexibility index (Phi) is 7.16. The van der Waals surface area contributed by atoms with Crippen molar-refractivity contribution in [3.63, 3.8) is 0 Å². The standard InChI is InChI=1S/C22H17Cl3F4O/c23-17-9-12(1-3-13(17)6-8-20(30)14-4-5-14)2-7-16(22(27,28)29)15-10-18(24)21(26)19(25)11-15/h1-3,7,9-11,14,16H,4-6,8H2/b7-2+.